The molecule has 0 aliphatic heterocycles. The molecular formula is C10H12FNO3. The fraction of sp³-hybridized carbons (Fsp3) is 0.300. The highest BCUT2D eigenvalue weighted by molar-refractivity contribution is 5.73. The number of nitrogen functional groups attached to an aromatic ring is 1. The second-order valence-electron chi connectivity index (χ2n) is 2.91. The maximum atomic E-state index is 13.5. The van der Waals surface area contributed by atoms with Gasteiger partial charge >= 0.3 is 5.97 Å². The molecule has 0 amide bonds. The molecule has 1 aromatic carbocycles. The highest BCUT2D eigenvalue weighted by Crippen LogP contribution is 2.26. The lowest BCUT2D eigenvalue weighted by Gasteiger charge is -2.08. The standard InChI is InChI=1S/C10H12FNO3/c1-14-7-4-3-6(5-8(13)15-2)9(11)10(7)12/h3-4H,5,12H2,1-2H3. The topological polar surface area (TPSA) is 61.5 Å². The Morgan fingerprint density at radius 3 is 2.67 bits per heavy atom. The Hall–Kier alpha value is -1.78. The van der Waals surface area contributed by atoms with Crippen molar-refractivity contribution in [3.8, 4) is 5.75 Å². The number of rotatable bonds is 3. The van der Waals surface area contributed by atoms with E-state index in [0.717, 1.165) is 0 Å². The average Bonchev–Trinajstić information content (AvgIpc) is 2.25. The van der Waals surface area contributed by atoms with Gasteiger partial charge in [-0.2, -0.15) is 0 Å². The molecule has 0 saturated carbocycles. The van der Waals surface area contributed by atoms with Crippen LogP contribution in [-0.2, 0) is 16.0 Å². The number of carbonyl (C=O) groups excluding carboxylic acids is 1. The highest BCUT2D eigenvalue weighted by Gasteiger charge is 2.13. The van der Waals surface area contributed by atoms with E-state index in [4.69, 9.17) is 10.5 Å². The summed E-state index contributed by atoms with van der Waals surface area (Å²) in [5, 5.41) is 0. The summed E-state index contributed by atoms with van der Waals surface area (Å²) in [6.45, 7) is 0. The largest absolute Gasteiger partial charge is 0.494 e. The van der Waals surface area contributed by atoms with Crippen LogP contribution in [0.4, 0.5) is 10.1 Å². The number of benzene rings is 1. The molecule has 5 heteroatoms. The maximum Gasteiger partial charge on any atom is 0.310 e. The first kappa shape index (κ1) is 11.3. The second kappa shape index (κ2) is 4.63. The molecule has 15 heavy (non-hydrogen) atoms. The summed E-state index contributed by atoms with van der Waals surface area (Å²) in [4.78, 5) is 10.9. The first-order valence-electron chi connectivity index (χ1n) is 4.27. The van der Waals surface area contributed by atoms with Crippen LogP contribution in [0.1, 0.15) is 5.56 Å². The number of esters is 1. The summed E-state index contributed by atoms with van der Waals surface area (Å²) >= 11 is 0. The van der Waals surface area contributed by atoms with Crippen LogP contribution < -0.4 is 10.5 Å². The van der Waals surface area contributed by atoms with Crippen molar-refractivity contribution in [1.82, 2.24) is 0 Å². The van der Waals surface area contributed by atoms with Gasteiger partial charge in [-0.25, -0.2) is 4.39 Å². The highest BCUT2D eigenvalue weighted by atomic mass is 19.1. The van der Waals surface area contributed by atoms with Gasteiger partial charge in [0.25, 0.3) is 0 Å². The number of anilines is 1. The van der Waals surface area contributed by atoms with Crippen molar-refractivity contribution in [3.05, 3.63) is 23.5 Å². The predicted molar refractivity (Wildman–Crippen MR) is 53.1 cm³/mol. The van der Waals surface area contributed by atoms with Gasteiger partial charge in [-0.3, -0.25) is 4.79 Å². The summed E-state index contributed by atoms with van der Waals surface area (Å²) in [5.74, 6) is -0.903. The van der Waals surface area contributed by atoms with E-state index in [9.17, 15) is 9.18 Å². The van der Waals surface area contributed by atoms with E-state index < -0.39 is 11.8 Å². The first-order chi connectivity index (χ1) is 7.10. The number of hydrogen-bond donors (Lipinski definition) is 1. The lowest BCUT2D eigenvalue weighted by Crippen LogP contribution is -2.08. The molecule has 0 aliphatic carbocycles. The zero-order chi connectivity index (χ0) is 11.4. The van der Waals surface area contributed by atoms with Crippen LogP contribution >= 0.6 is 0 Å². The van der Waals surface area contributed by atoms with Gasteiger partial charge in [-0.05, 0) is 6.07 Å². The Kier molecular flexibility index (Phi) is 3.49. The fourth-order valence-electron chi connectivity index (χ4n) is 1.16. The summed E-state index contributed by atoms with van der Waals surface area (Å²) in [6.07, 6.45) is -0.142. The smallest absolute Gasteiger partial charge is 0.310 e. The second-order valence-corrected chi connectivity index (χ2v) is 2.91. The molecular weight excluding hydrogens is 201 g/mol. The van der Waals surface area contributed by atoms with Gasteiger partial charge in [0.15, 0.2) is 5.82 Å². The number of carbonyl (C=O) groups is 1. The van der Waals surface area contributed by atoms with Crippen LogP contribution in [0.3, 0.4) is 0 Å². The van der Waals surface area contributed by atoms with Crippen molar-refractivity contribution in [2.45, 2.75) is 6.42 Å². The van der Waals surface area contributed by atoms with Gasteiger partial charge < -0.3 is 15.2 Å². The van der Waals surface area contributed by atoms with Crippen molar-refractivity contribution in [2.75, 3.05) is 20.0 Å². The van der Waals surface area contributed by atoms with Gasteiger partial charge in [0.2, 0.25) is 0 Å². The molecule has 0 fully saturated rings. The molecule has 2 N–H and O–H groups in total. The predicted octanol–water partition coefficient (Wildman–Crippen LogP) is 1.13. The van der Waals surface area contributed by atoms with Crippen LogP contribution in [0, 0.1) is 5.82 Å². The zero-order valence-electron chi connectivity index (χ0n) is 8.54. The molecule has 4 nitrogen and oxygen atoms in total. The van der Waals surface area contributed by atoms with Gasteiger partial charge in [0, 0.05) is 5.56 Å². The molecule has 0 unspecified atom stereocenters. The monoisotopic (exact) mass is 213 g/mol. The van der Waals surface area contributed by atoms with E-state index in [-0.39, 0.29) is 23.4 Å². The SMILES string of the molecule is COC(=O)Cc1ccc(OC)c(N)c1F. The van der Waals surface area contributed by atoms with E-state index in [1.54, 1.807) is 0 Å². The van der Waals surface area contributed by atoms with Crippen molar-refractivity contribution >= 4 is 11.7 Å². The quantitative estimate of drug-likeness (QED) is 0.604. The number of hydrogen-bond acceptors (Lipinski definition) is 4. The Labute approximate surface area is 86.8 Å². The minimum Gasteiger partial charge on any atom is -0.494 e. The van der Waals surface area contributed by atoms with Gasteiger partial charge in [0.1, 0.15) is 11.4 Å². The first-order valence-corrected chi connectivity index (χ1v) is 4.27. The van der Waals surface area contributed by atoms with Crippen LogP contribution in [0.25, 0.3) is 0 Å². The molecule has 0 radical (unpaired) electrons. The fourth-order valence-corrected chi connectivity index (χ4v) is 1.16. The zero-order valence-corrected chi connectivity index (χ0v) is 8.54. The summed E-state index contributed by atoms with van der Waals surface area (Å²) in [6, 6.07) is 2.96. The van der Waals surface area contributed by atoms with Crippen molar-refractivity contribution in [2.24, 2.45) is 0 Å². The van der Waals surface area contributed by atoms with E-state index in [0.29, 0.717) is 0 Å². The van der Waals surface area contributed by atoms with E-state index in [1.165, 1.54) is 26.4 Å². The number of nitrogens with two attached hydrogens (primary N) is 1. The third-order valence-corrected chi connectivity index (χ3v) is 2.00. The lowest BCUT2D eigenvalue weighted by molar-refractivity contribution is -0.139. The van der Waals surface area contributed by atoms with Crippen LogP contribution in [-0.4, -0.2) is 20.2 Å². The Balaban J connectivity index is 3.01. The van der Waals surface area contributed by atoms with E-state index >= 15 is 0 Å². The van der Waals surface area contributed by atoms with Gasteiger partial charge in [-0.1, -0.05) is 6.07 Å². The molecule has 1 rings (SSSR count). The number of halogens is 1. The molecule has 0 saturated heterocycles. The van der Waals surface area contributed by atoms with Gasteiger partial charge in [-0.15, -0.1) is 0 Å². The minimum atomic E-state index is -0.639. The summed E-state index contributed by atoms with van der Waals surface area (Å²) in [5.41, 5.74) is 5.56. The molecule has 0 bridgehead atoms. The molecule has 0 atom stereocenters. The molecule has 82 valence electrons. The lowest BCUT2D eigenvalue weighted by atomic mass is 10.1. The number of methoxy groups -OCH3 is 2. The summed E-state index contributed by atoms with van der Waals surface area (Å²) < 4.78 is 22.8. The normalized spacial score (nSPS) is 9.80. The van der Waals surface area contributed by atoms with Crippen molar-refractivity contribution < 1.29 is 18.7 Å². The molecule has 0 aliphatic rings. The van der Waals surface area contributed by atoms with Crippen LogP contribution in [0.15, 0.2) is 12.1 Å². The third-order valence-electron chi connectivity index (χ3n) is 2.00. The van der Waals surface area contributed by atoms with Gasteiger partial charge in [0.05, 0.1) is 20.6 Å². The van der Waals surface area contributed by atoms with E-state index in [1.807, 2.05) is 0 Å². The molecule has 1 aromatic rings. The van der Waals surface area contributed by atoms with Crippen LogP contribution in [0.2, 0.25) is 0 Å². The van der Waals surface area contributed by atoms with E-state index in [2.05, 4.69) is 4.74 Å². The summed E-state index contributed by atoms with van der Waals surface area (Å²) in [7, 11) is 2.64. The number of ether oxygens (including phenoxy) is 2. The molecule has 0 spiro atoms. The Morgan fingerprint density at radius 2 is 2.13 bits per heavy atom. The third kappa shape index (κ3) is 2.37. The minimum absolute atomic E-state index is 0.0982. The van der Waals surface area contributed by atoms with Crippen molar-refractivity contribution in [1.29, 1.82) is 0 Å². The Morgan fingerprint density at radius 1 is 1.47 bits per heavy atom. The van der Waals surface area contributed by atoms with Crippen LogP contribution in [0.5, 0.6) is 5.75 Å². The Bertz CT molecular complexity index is 379. The molecule has 0 aromatic heterocycles. The maximum absolute atomic E-state index is 13.5. The van der Waals surface area contributed by atoms with Crippen molar-refractivity contribution in [3.63, 3.8) is 0 Å². The molecule has 0 heterocycles. The average molecular weight is 213 g/mol.